The molecule has 0 saturated carbocycles. The largest absolute Gasteiger partial charge is 0.478 e. The van der Waals surface area contributed by atoms with Crippen molar-refractivity contribution in [3.8, 4) is 5.40 Å². The molecule has 0 spiro atoms. The third-order valence-electron chi connectivity index (χ3n) is 1.56. The molecule has 0 amide bonds. The second-order valence-corrected chi connectivity index (χ2v) is 3.26. The van der Waals surface area contributed by atoms with Gasteiger partial charge < -0.3 is 5.11 Å². The minimum Gasteiger partial charge on any atom is -0.478 e. The van der Waals surface area contributed by atoms with E-state index in [1.807, 2.05) is 0 Å². The van der Waals surface area contributed by atoms with Gasteiger partial charge in [-0.05, 0) is 17.8 Å². The van der Waals surface area contributed by atoms with Crippen LogP contribution < -0.4 is 0 Å². The fraction of sp³-hybridized carbons (Fsp3) is 0. The molecule has 0 aromatic heterocycles. The number of non-ortho nitro benzene ring substituents is 1. The van der Waals surface area contributed by atoms with Crippen LogP contribution in [0.4, 0.5) is 5.69 Å². The van der Waals surface area contributed by atoms with Crippen LogP contribution in [0.3, 0.4) is 0 Å². The number of nitro benzene ring substituents is 1. The number of thioether (sulfide) groups is 1. The number of aromatic carboxylic acids is 1. The lowest BCUT2D eigenvalue weighted by Crippen LogP contribution is -1.99. The molecule has 15 heavy (non-hydrogen) atoms. The Balaban J connectivity index is 3.27. The first-order valence-corrected chi connectivity index (χ1v) is 4.45. The summed E-state index contributed by atoms with van der Waals surface area (Å²) in [5.74, 6) is -1.22. The van der Waals surface area contributed by atoms with Gasteiger partial charge in [0.25, 0.3) is 5.69 Å². The first kappa shape index (κ1) is 11.0. The van der Waals surface area contributed by atoms with Crippen molar-refractivity contribution in [2.24, 2.45) is 0 Å². The van der Waals surface area contributed by atoms with Gasteiger partial charge in [-0.25, -0.2) is 4.79 Å². The lowest BCUT2D eigenvalue weighted by Gasteiger charge is -2.00. The van der Waals surface area contributed by atoms with Gasteiger partial charge in [-0.3, -0.25) is 10.1 Å². The van der Waals surface area contributed by atoms with Crippen molar-refractivity contribution in [1.82, 2.24) is 0 Å². The number of nitriles is 1. The first-order valence-electron chi connectivity index (χ1n) is 3.64. The number of rotatable bonds is 3. The topological polar surface area (TPSA) is 104 Å². The lowest BCUT2D eigenvalue weighted by atomic mass is 10.2. The monoisotopic (exact) mass is 224 g/mol. The molecule has 0 fully saturated rings. The number of nitro groups is 1. The molecule has 1 rings (SSSR count). The molecule has 7 heteroatoms. The van der Waals surface area contributed by atoms with Gasteiger partial charge in [-0.15, -0.1) is 0 Å². The van der Waals surface area contributed by atoms with Crippen LogP contribution in [0.25, 0.3) is 0 Å². The van der Waals surface area contributed by atoms with Gasteiger partial charge >= 0.3 is 5.97 Å². The van der Waals surface area contributed by atoms with E-state index in [1.54, 1.807) is 5.40 Å². The highest BCUT2D eigenvalue weighted by molar-refractivity contribution is 8.03. The van der Waals surface area contributed by atoms with Crippen molar-refractivity contribution in [3.05, 3.63) is 33.9 Å². The molecule has 1 N–H and O–H groups in total. The SMILES string of the molecule is N#CSc1cc([N+](=O)[O-])ccc1C(=O)O. The highest BCUT2D eigenvalue weighted by Crippen LogP contribution is 2.26. The predicted octanol–water partition coefficient (Wildman–Crippen LogP) is 1.87. The molecular formula is C8H4N2O4S. The molecule has 1 aromatic rings. The van der Waals surface area contributed by atoms with Gasteiger partial charge in [0.15, 0.2) is 0 Å². The molecule has 0 aliphatic rings. The molecule has 0 atom stereocenters. The van der Waals surface area contributed by atoms with E-state index in [2.05, 4.69) is 0 Å². The molecule has 1 aromatic carbocycles. The second kappa shape index (κ2) is 4.43. The molecule has 0 bridgehead atoms. The zero-order chi connectivity index (χ0) is 11.4. The Morgan fingerprint density at radius 1 is 1.60 bits per heavy atom. The Morgan fingerprint density at radius 2 is 2.27 bits per heavy atom. The maximum Gasteiger partial charge on any atom is 0.336 e. The van der Waals surface area contributed by atoms with Crippen LogP contribution in [0, 0.1) is 20.8 Å². The highest BCUT2D eigenvalue weighted by Gasteiger charge is 2.15. The summed E-state index contributed by atoms with van der Waals surface area (Å²) in [6.45, 7) is 0. The van der Waals surface area contributed by atoms with E-state index in [-0.39, 0.29) is 16.1 Å². The van der Waals surface area contributed by atoms with Crippen molar-refractivity contribution in [3.63, 3.8) is 0 Å². The standard InChI is InChI=1S/C8H4N2O4S/c9-4-15-7-3-5(10(13)14)1-2-6(7)8(11)12/h1-3H,(H,11,12). The van der Waals surface area contributed by atoms with Gasteiger partial charge in [0.05, 0.1) is 10.5 Å². The van der Waals surface area contributed by atoms with Crippen LogP contribution in [-0.2, 0) is 0 Å². The predicted molar refractivity (Wildman–Crippen MR) is 51.5 cm³/mol. The van der Waals surface area contributed by atoms with Gasteiger partial charge in [-0.2, -0.15) is 5.26 Å². The van der Waals surface area contributed by atoms with Gasteiger partial charge in [-0.1, -0.05) is 0 Å². The molecule has 0 aliphatic heterocycles. The van der Waals surface area contributed by atoms with E-state index in [9.17, 15) is 14.9 Å². The average Bonchev–Trinajstić information content (AvgIpc) is 2.17. The quantitative estimate of drug-likeness (QED) is 0.363. The molecule has 76 valence electrons. The van der Waals surface area contributed by atoms with Crippen molar-refractivity contribution in [2.45, 2.75) is 4.90 Å². The number of carboxylic acids is 1. The molecule has 6 nitrogen and oxygen atoms in total. The maximum absolute atomic E-state index is 10.7. The van der Waals surface area contributed by atoms with Crippen molar-refractivity contribution < 1.29 is 14.8 Å². The van der Waals surface area contributed by atoms with Gasteiger partial charge in [0.2, 0.25) is 0 Å². The number of nitrogens with zero attached hydrogens (tertiary/aromatic N) is 2. The molecule has 0 aliphatic carbocycles. The van der Waals surface area contributed by atoms with Gasteiger partial charge in [0, 0.05) is 17.0 Å². The Hall–Kier alpha value is -2.07. The number of carboxylic acid groups (broad SMARTS) is 1. The molecule has 0 unspecified atom stereocenters. The third-order valence-corrected chi connectivity index (χ3v) is 2.21. The summed E-state index contributed by atoms with van der Waals surface area (Å²) in [7, 11) is 0. The van der Waals surface area contributed by atoms with E-state index < -0.39 is 10.9 Å². The van der Waals surface area contributed by atoms with Gasteiger partial charge in [0.1, 0.15) is 5.40 Å². The Labute approximate surface area is 88.3 Å². The minimum atomic E-state index is -1.22. The molecule has 0 radical (unpaired) electrons. The summed E-state index contributed by atoms with van der Waals surface area (Å²) in [6.07, 6.45) is 0. The number of carbonyl (C=O) groups is 1. The van der Waals surface area contributed by atoms with Crippen LogP contribution in [0.15, 0.2) is 23.1 Å². The van der Waals surface area contributed by atoms with E-state index in [4.69, 9.17) is 10.4 Å². The Kier molecular flexibility index (Phi) is 3.25. The summed E-state index contributed by atoms with van der Waals surface area (Å²) >= 11 is 0.582. The van der Waals surface area contributed by atoms with Crippen LogP contribution in [0.1, 0.15) is 10.4 Å². The van der Waals surface area contributed by atoms with E-state index in [0.29, 0.717) is 11.8 Å². The fourth-order valence-corrected chi connectivity index (χ4v) is 1.48. The fourth-order valence-electron chi connectivity index (χ4n) is 0.935. The summed E-state index contributed by atoms with van der Waals surface area (Å²) in [5.41, 5.74) is -0.357. The van der Waals surface area contributed by atoms with Crippen LogP contribution in [-0.4, -0.2) is 16.0 Å². The second-order valence-electron chi connectivity index (χ2n) is 2.44. The van der Waals surface area contributed by atoms with Crippen molar-refractivity contribution >= 4 is 23.4 Å². The first-order chi connectivity index (χ1) is 7.06. The number of hydrogen-bond acceptors (Lipinski definition) is 5. The summed E-state index contributed by atoms with van der Waals surface area (Å²) in [5, 5.41) is 29.2. The smallest absolute Gasteiger partial charge is 0.336 e. The van der Waals surface area contributed by atoms with E-state index in [1.165, 1.54) is 0 Å². The minimum absolute atomic E-state index is 0.0687. The summed E-state index contributed by atoms with van der Waals surface area (Å²) < 4.78 is 0. The summed E-state index contributed by atoms with van der Waals surface area (Å²) in [6, 6.07) is 3.27. The highest BCUT2D eigenvalue weighted by atomic mass is 32.2. The number of thiocyanates is 1. The average molecular weight is 224 g/mol. The van der Waals surface area contributed by atoms with Crippen LogP contribution in [0.5, 0.6) is 0 Å². The molecule has 0 saturated heterocycles. The Bertz CT molecular complexity index is 466. The molecular weight excluding hydrogens is 220 g/mol. The number of benzene rings is 1. The normalized spacial score (nSPS) is 9.27. The van der Waals surface area contributed by atoms with E-state index >= 15 is 0 Å². The molecule has 0 heterocycles. The van der Waals surface area contributed by atoms with E-state index in [0.717, 1.165) is 18.2 Å². The summed E-state index contributed by atoms with van der Waals surface area (Å²) in [4.78, 5) is 20.5. The van der Waals surface area contributed by atoms with Crippen LogP contribution >= 0.6 is 11.8 Å². The maximum atomic E-state index is 10.7. The Morgan fingerprint density at radius 3 is 2.73 bits per heavy atom. The zero-order valence-corrected chi connectivity index (χ0v) is 8.02. The third kappa shape index (κ3) is 2.45. The lowest BCUT2D eigenvalue weighted by molar-refractivity contribution is -0.385. The number of hydrogen-bond donors (Lipinski definition) is 1. The van der Waals surface area contributed by atoms with Crippen molar-refractivity contribution in [1.29, 1.82) is 5.26 Å². The zero-order valence-electron chi connectivity index (χ0n) is 7.21. The van der Waals surface area contributed by atoms with Crippen LogP contribution in [0.2, 0.25) is 0 Å². The van der Waals surface area contributed by atoms with Crippen molar-refractivity contribution in [2.75, 3.05) is 0 Å².